The summed E-state index contributed by atoms with van der Waals surface area (Å²) in [5.41, 5.74) is 4.43. The lowest BCUT2D eigenvalue weighted by atomic mass is 9.91. The van der Waals surface area contributed by atoms with E-state index in [1.165, 1.54) is 13.1 Å². The molecule has 0 aliphatic heterocycles. The van der Waals surface area contributed by atoms with E-state index in [4.69, 9.17) is 5.73 Å². The summed E-state index contributed by atoms with van der Waals surface area (Å²) < 4.78 is 41.1. The van der Waals surface area contributed by atoms with Crippen LogP contribution in [-0.4, -0.2) is 15.7 Å². The van der Waals surface area contributed by atoms with Crippen molar-refractivity contribution >= 4 is 5.91 Å². The second-order valence-corrected chi connectivity index (χ2v) is 5.76. The molecule has 3 rings (SSSR count). The van der Waals surface area contributed by atoms with Crippen LogP contribution in [0, 0.1) is 11.3 Å². The molecule has 0 saturated heterocycles. The van der Waals surface area contributed by atoms with E-state index in [0.29, 0.717) is 11.1 Å². The molecular weight excluding hydrogens is 357 g/mol. The number of nitrogens with zero attached hydrogens (tertiary/aromatic N) is 3. The number of carbonyl (C=O) groups excluding carboxylic acids is 1. The first-order valence-electron chi connectivity index (χ1n) is 7.78. The Morgan fingerprint density at radius 3 is 2.37 bits per heavy atom. The summed E-state index contributed by atoms with van der Waals surface area (Å²) in [7, 11) is 1.28. The number of hydrogen-bond donors (Lipinski definition) is 1. The Bertz CT molecular complexity index is 1060. The van der Waals surface area contributed by atoms with Gasteiger partial charge in [-0.3, -0.25) is 9.48 Å². The van der Waals surface area contributed by atoms with E-state index in [1.54, 1.807) is 42.5 Å². The molecule has 0 saturated carbocycles. The predicted molar refractivity (Wildman–Crippen MR) is 92.3 cm³/mol. The number of halogens is 3. The maximum atomic E-state index is 13.4. The maximum Gasteiger partial charge on any atom is 0.435 e. The molecule has 1 aromatic heterocycles. The molecular formula is C19H13F3N4O. The third-order valence-electron chi connectivity index (χ3n) is 4.07. The summed E-state index contributed by atoms with van der Waals surface area (Å²) in [5.74, 6) is -1.27. The highest BCUT2D eigenvalue weighted by atomic mass is 19.4. The van der Waals surface area contributed by atoms with Gasteiger partial charge >= 0.3 is 6.18 Å². The highest BCUT2D eigenvalue weighted by Crippen LogP contribution is 2.40. The Hall–Kier alpha value is -3.60. The highest BCUT2D eigenvalue weighted by Gasteiger charge is 2.41. The lowest BCUT2D eigenvalue weighted by molar-refractivity contribution is -0.141. The molecule has 136 valence electrons. The minimum atomic E-state index is -4.87. The van der Waals surface area contributed by atoms with Gasteiger partial charge < -0.3 is 5.73 Å². The van der Waals surface area contributed by atoms with E-state index in [9.17, 15) is 23.2 Å². The Kier molecular flexibility index (Phi) is 4.45. The minimum Gasteiger partial charge on any atom is -0.365 e. The zero-order valence-corrected chi connectivity index (χ0v) is 14.1. The van der Waals surface area contributed by atoms with Crippen LogP contribution >= 0.6 is 0 Å². The van der Waals surface area contributed by atoms with Crippen LogP contribution in [0.15, 0.2) is 48.5 Å². The first kappa shape index (κ1) is 18.2. The third kappa shape index (κ3) is 3.15. The summed E-state index contributed by atoms with van der Waals surface area (Å²) in [6.07, 6.45) is -4.87. The SMILES string of the molecule is Cn1nc(C(F)(F)F)c(C(N)=O)c1-c1c(C#N)cccc1-c1ccccc1. The monoisotopic (exact) mass is 370 g/mol. The fourth-order valence-electron chi connectivity index (χ4n) is 3.00. The van der Waals surface area contributed by atoms with Gasteiger partial charge in [0.05, 0.1) is 22.9 Å². The number of primary amides is 1. The Morgan fingerprint density at radius 1 is 1.15 bits per heavy atom. The average Bonchev–Trinajstić information content (AvgIpc) is 2.99. The molecule has 1 amide bonds. The van der Waals surface area contributed by atoms with Crippen molar-refractivity contribution < 1.29 is 18.0 Å². The van der Waals surface area contributed by atoms with Crippen LogP contribution in [0.5, 0.6) is 0 Å². The van der Waals surface area contributed by atoms with Crippen LogP contribution in [-0.2, 0) is 13.2 Å². The molecule has 2 N–H and O–H groups in total. The molecule has 8 heteroatoms. The van der Waals surface area contributed by atoms with Crippen LogP contribution in [0.4, 0.5) is 13.2 Å². The average molecular weight is 370 g/mol. The molecule has 0 radical (unpaired) electrons. The van der Waals surface area contributed by atoms with Gasteiger partial charge in [-0.05, 0) is 17.2 Å². The van der Waals surface area contributed by atoms with Gasteiger partial charge in [-0.25, -0.2) is 0 Å². The van der Waals surface area contributed by atoms with E-state index < -0.39 is 23.3 Å². The quantitative estimate of drug-likeness (QED) is 0.762. The van der Waals surface area contributed by atoms with Crippen molar-refractivity contribution in [2.45, 2.75) is 6.18 Å². The van der Waals surface area contributed by atoms with Crippen molar-refractivity contribution in [1.29, 1.82) is 5.26 Å². The predicted octanol–water partition coefficient (Wildman–Crippen LogP) is 3.74. The van der Waals surface area contributed by atoms with Crippen molar-refractivity contribution in [2.75, 3.05) is 0 Å². The number of aromatic nitrogens is 2. The number of nitrogens with two attached hydrogens (primary N) is 1. The molecule has 0 spiro atoms. The van der Waals surface area contributed by atoms with Crippen molar-refractivity contribution in [1.82, 2.24) is 9.78 Å². The number of aryl methyl sites for hydroxylation is 1. The van der Waals surface area contributed by atoms with Crippen LogP contribution in [0.2, 0.25) is 0 Å². The smallest absolute Gasteiger partial charge is 0.365 e. The molecule has 0 unspecified atom stereocenters. The van der Waals surface area contributed by atoms with Crippen molar-refractivity contribution in [3.8, 4) is 28.5 Å². The molecule has 5 nitrogen and oxygen atoms in total. The van der Waals surface area contributed by atoms with Gasteiger partial charge in [-0.15, -0.1) is 0 Å². The Balaban J connectivity index is 2.44. The van der Waals surface area contributed by atoms with Gasteiger partial charge in [-0.1, -0.05) is 42.5 Å². The van der Waals surface area contributed by atoms with Gasteiger partial charge in [0.2, 0.25) is 0 Å². The zero-order valence-electron chi connectivity index (χ0n) is 14.1. The van der Waals surface area contributed by atoms with Crippen LogP contribution in [0.3, 0.4) is 0 Å². The van der Waals surface area contributed by atoms with Crippen LogP contribution < -0.4 is 5.73 Å². The number of alkyl halides is 3. The van der Waals surface area contributed by atoms with Gasteiger partial charge in [0.1, 0.15) is 0 Å². The van der Waals surface area contributed by atoms with Gasteiger partial charge in [0, 0.05) is 12.6 Å². The van der Waals surface area contributed by atoms with E-state index in [-0.39, 0.29) is 16.8 Å². The lowest BCUT2D eigenvalue weighted by Crippen LogP contribution is -2.18. The van der Waals surface area contributed by atoms with Crippen LogP contribution in [0.25, 0.3) is 22.4 Å². The largest absolute Gasteiger partial charge is 0.435 e. The number of carbonyl (C=O) groups is 1. The molecule has 0 aliphatic carbocycles. The standard InChI is InChI=1S/C19H13F3N4O/c1-26-16(15(18(24)27)17(25-26)19(20,21)22)14-12(10-23)8-5-9-13(14)11-6-3-2-4-7-11/h2-9H,1H3,(H2,24,27). The van der Waals surface area contributed by atoms with E-state index in [2.05, 4.69) is 5.10 Å². The number of hydrogen-bond acceptors (Lipinski definition) is 3. The summed E-state index contributed by atoms with van der Waals surface area (Å²) in [6.45, 7) is 0. The maximum absolute atomic E-state index is 13.4. The van der Waals surface area contributed by atoms with E-state index >= 15 is 0 Å². The molecule has 1 heterocycles. The normalized spacial score (nSPS) is 11.2. The fourth-order valence-corrected chi connectivity index (χ4v) is 3.00. The highest BCUT2D eigenvalue weighted by molar-refractivity contribution is 6.03. The van der Waals surface area contributed by atoms with Gasteiger partial charge in [0.15, 0.2) is 5.69 Å². The number of rotatable bonds is 3. The zero-order chi connectivity index (χ0) is 19.8. The Labute approximate surface area is 152 Å². The van der Waals surface area contributed by atoms with E-state index in [0.717, 1.165) is 4.68 Å². The molecule has 2 aromatic carbocycles. The molecule has 0 aliphatic rings. The minimum absolute atomic E-state index is 0.107. The lowest BCUT2D eigenvalue weighted by Gasteiger charge is -2.13. The van der Waals surface area contributed by atoms with Gasteiger partial charge in [0.25, 0.3) is 5.91 Å². The first-order chi connectivity index (χ1) is 12.8. The summed E-state index contributed by atoms with van der Waals surface area (Å²) in [6, 6.07) is 15.5. The third-order valence-corrected chi connectivity index (χ3v) is 4.07. The van der Waals surface area contributed by atoms with Crippen molar-refractivity contribution in [2.24, 2.45) is 12.8 Å². The second-order valence-electron chi connectivity index (χ2n) is 5.76. The number of benzene rings is 2. The number of amides is 1. The number of nitriles is 1. The molecule has 0 fully saturated rings. The molecule has 27 heavy (non-hydrogen) atoms. The molecule has 3 aromatic rings. The summed E-state index contributed by atoms with van der Waals surface area (Å²) in [5, 5.41) is 13.0. The topological polar surface area (TPSA) is 84.7 Å². The Morgan fingerprint density at radius 2 is 1.81 bits per heavy atom. The van der Waals surface area contributed by atoms with E-state index in [1.807, 2.05) is 6.07 Å². The van der Waals surface area contributed by atoms with Crippen molar-refractivity contribution in [3.63, 3.8) is 0 Å². The van der Waals surface area contributed by atoms with Crippen LogP contribution in [0.1, 0.15) is 21.6 Å². The first-order valence-corrected chi connectivity index (χ1v) is 7.78. The molecule has 0 bridgehead atoms. The molecule has 0 atom stereocenters. The van der Waals surface area contributed by atoms with Gasteiger partial charge in [-0.2, -0.15) is 23.5 Å². The fraction of sp³-hybridized carbons (Fsp3) is 0.105. The summed E-state index contributed by atoms with van der Waals surface area (Å²) in [4.78, 5) is 11.9. The van der Waals surface area contributed by atoms with Crippen molar-refractivity contribution in [3.05, 3.63) is 65.4 Å². The summed E-state index contributed by atoms with van der Waals surface area (Å²) >= 11 is 0. The second kappa shape index (κ2) is 6.61.